The number of aliphatic hydroxyl groups excluding tert-OH is 1. The molecule has 0 saturated carbocycles. The van der Waals surface area contributed by atoms with Crippen LogP contribution >= 0.6 is 0 Å². The Morgan fingerprint density at radius 1 is 1.35 bits per heavy atom. The molecule has 0 heterocycles. The lowest BCUT2D eigenvalue weighted by atomic mass is 9.90. The summed E-state index contributed by atoms with van der Waals surface area (Å²) in [5.41, 5.74) is 6.96. The Kier molecular flexibility index (Phi) is 5.56. The van der Waals surface area contributed by atoms with Gasteiger partial charge >= 0.3 is 0 Å². The summed E-state index contributed by atoms with van der Waals surface area (Å²) in [5.74, 6) is 0. The van der Waals surface area contributed by atoms with Gasteiger partial charge < -0.3 is 10.8 Å². The zero-order valence-corrected chi connectivity index (χ0v) is 13.1. The van der Waals surface area contributed by atoms with Crippen LogP contribution in [0.1, 0.15) is 32.8 Å². The number of sulfonamides is 1. The van der Waals surface area contributed by atoms with Crippen LogP contribution in [0.25, 0.3) is 0 Å². The van der Waals surface area contributed by atoms with E-state index in [2.05, 4.69) is 4.72 Å². The van der Waals surface area contributed by atoms with Crippen LogP contribution in [0.4, 0.5) is 5.69 Å². The summed E-state index contributed by atoms with van der Waals surface area (Å²) >= 11 is 0. The second kappa shape index (κ2) is 6.56. The molecule has 0 radical (unpaired) electrons. The Bertz CT molecular complexity index is 554. The normalized spacial score (nSPS) is 12.6. The fraction of sp³-hybridized carbons (Fsp3) is 0.571. The molecule has 0 amide bonds. The van der Waals surface area contributed by atoms with Crippen molar-refractivity contribution in [1.29, 1.82) is 0 Å². The molecule has 0 spiro atoms. The molecule has 6 heteroatoms. The number of benzene rings is 1. The fourth-order valence-corrected chi connectivity index (χ4v) is 3.10. The number of hydrogen-bond acceptors (Lipinski definition) is 4. The summed E-state index contributed by atoms with van der Waals surface area (Å²) in [6, 6.07) is 4.79. The van der Waals surface area contributed by atoms with Crippen LogP contribution in [0.2, 0.25) is 0 Å². The highest BCUT2D eigenvalue weighted by Crippen LogP contribution is 2.21. The number of nitrogen functional groups attached to an aromatic ring is 1. The Hall–Kier alpha value is -1.11. The summed E-state index contributed by atoms with van der Waals surface area (Å²) in [6.45, 7) is 6.08. The van der Waals surface area contributed by atoms with Crippen LogP contribution in [0.15, 0.2) is 23.1 Å². The Balaban J connectivity index is 2.87. The molecule has 1 aromatic carbocycles. The third kappa shape index (κ3) is 4.47. The molecule has 5 nitrogen and oxygen atoms in total. The van der Waals surface area contributed by atoms with E-state index in [9.17, 15) is 8.42 Å². The number of hydrogen-bond donors (Lipinski definition) is 3. The first-order chi connectivity index (χ1) is 9.22. The standard InChI is InChI=1S/C14H24N2O3S/c1-4-11-5-6-12(9-13(11)15)20(18,19)16-10-14(2,3)7-8-17/h5-6,9,16-17H,4,7-8,10,15H2,1-3H3. The maximum atomic E-state index is 12.2. The molecule has 0 bridgehead atoms. The summed E-state index contributed by atoms with van der Waals surface area (Å²) in [7, 11) is -3.57. The highest BCUT2D eigenvalue weighted by atomic mass is 32.2. The largest absolute Gasteiger partial charge is 0.398 e. The highest BCUT2D eigenvalue weighted by Gasteiger charge is 2.22. The quantitative estimate of drug-likeness (QED) is 0.666. The van der Waals surface area contributed by atoms with Gasteiger partial charge in [0.2, 0.25) is 10.0 Å². The van der Waals surface area contributed by atoms with E-state index < -0.39 is 10.0 Å². The second-order valence-electron chi connectivity index (χ2n) is 5.68. The van der Waals surface area contributed by atoms with Crippen LogP contribution in [0.5, 0.6) is 0 Å². The molecule has 0 unspecified atom stereocenters. The predicted molar refractivity (Wildman–Crippen MR) is 80.9 cm³/mol. The molecular formula is C14H24N2O3S. The van der Waals surface area contributed by atoms with Crippen LogP contribution in [0.3, 0.4) is 0 Å². The Morgan fingerprint density at radius 3 is 2.50 bits per heavy atom. The van der Waals surface area contributed by atoms with E-state index in [0.717, 1.165) is 12.0 Å². The summed E-state index contributed by atoms with van der Waals surface area (Å²) in [6.07, 6.45) is 1.30. The van der Waals surface area contributed by atoms with Crippen molar-refractivity contribution >= 4 is 15.7 Å². The van der Waals surface area contributed by atoms with Crippen molar-refractivity contribution in [2.45, 2.75) is 38.5 Å². The molecule has 0 saturated heterocycles. The first-order valence-electron chi connectivity index (χ1n) is 6.71. The minimum atomic E-state index is -3.57. The minimum Gasteiger partial charge on any atom is -0.398 e. The second-order valence-corrected chi connectivity index (χ2v) is 7.44. The SMILES string of the molecule is CCc1ccc(S(=O)(=O)NCC(C)(C)CCO)cc1N. The topological polar surface area (TPSA) is 92.4 Å². The van der Waals surface area contributed by atoms with Crippen molar-refractivity contribution in [3.8, 4) is 0 Å². The van der Waals surface area contributed by atoms with Gasteiger partial charge in [-0.15, -0.1) is 0 Å². The molecule has 0 atom stereocenters. The van der Waals surface area contributed by atoms with Crippen LogP contribution in [-0.4, -0.2) is 26.7 Å². The number of nitrogens with two attached hydrogens (primary N) is 1. The predicted octanol–water partition coefficient (Wildman–Crippen LogP) is 1.52. The molecule has 20 heavy (non-hydrogen) atoms. The van der Waals surface area contributed by atoms with Crippen LogP contribution in [0, 0.1) is 5.41 Å². The molecule has 0 aliphatic rings. The summed E-state index contributed by atoms with van der Waals surface area (Å²) < 4.78 is 27.0. The molecule has 1 aromatic rings. The van der Waals surface area contributed by atoms with Gasteiger partial charge in [0, 0.05) is 18.8 Å². The van der Waals surface area contributed by atoms with Crippen molar-refractivity contribution in [3.05, 3.63) is 23.8 Å². The molecule has 1 rings (SSSR count). The lowest BCUT2D eigenvalue weighted by Gasteiger charge is -2.23. The van der Waals surface area contributed by atoms with Gasteiger partial charge in [-0.05, 0) is 36.0 Å². The fourth-order valence-electron chi connectivity index (χ4n) is 1.83. The number of aliphatic hydroxyl groups is 1. The van der Waals surface area contributed by atoms with Gasteiger partial charge in [0.05, 0.1) is 4.90 Å². The van der Waals surface area contributed by atoms with Gasteiger partial charge in [-0.2, -0.15) is 0 Å². The van der Waals surface area contributed by atoms with Gasteiger partial charge in [-0.1, -0.05) is 26.8 Å². The van der Waals surface area contributed by atoms with E-state index in [-0.39, 0.29) is 23.5 Å². The number of rotatable bonds is 7. The van der Waals surface area contributed by atoms with E-state index in [1.807, 2.05) is 20.8 Å². The molecule has 0 fully saturated rings. The molecule has 0 aliphatic heterocycles. The zero-order valence-electron chi connectivity index (χ0n) is 12.3. The number of anilines is 1. The highest BCUT2D eigenvalue weighted by molar-refractivity contribution is 7.89. The molecule has 4 N–H and O–H groups in total. The first kappa shape index (κ1) is 16.9. The molecule has 0 aliphatic carbocycles. The third-order valence-electron chi connectivity index (χ3n) is 3.34. The van der Waals surface area contributed by atoms with Crippen LogP contribution < -0.4 is 10.5 Å². The van der Waals surface area contributed by atoms with E-state index in [1.165, 1.54) is 6.07 Å². The zero-order chi connectivity index (χ0) is 15.4. The van der Waals surface area contributed by atoms with E-state index in [4.69, 9.17) is 10.8 Å². The monoisotopic (exact) mass is 300 g/mol. The molecule has 114 valence electrons. The summed E-state index contributed by atoms with van der Waals surface area (Å²) in [5, 5.41) is 8.95. The minimum absolute atomic E-state index is 0.0346. The van der Waals surface area contributed by atoms with E-state index >= 15 is 0 Å². The van der Waals surface area contributed by atoms with E-state index in [0.29, 0.717) is 12.1 Å². The van der Waals surface area contributed by atoms with Crippen molar-refractivity contribution in [2.24, 2.45) is 5.41 Å². The number of aryl methyl sites for hydroxylation is 1. The van der Waals surface area contributed by atoms with Crippen molar-refractivity contribution in [3.63, 3.8) is 0 Å². The maximum absolute atomic E-state index is 12.2. The third-order valence-corrected chi connectivity index (χ3v) is 4.74. The Labute approximate surface area is 121 Å². The average molecular weight is 300 g/mol. The maximum Gasteiger partial charge on any atom is 0.240 e. The average Bonchev–Trinajstić information content (AvgIpc) is 2.36. The van der Waals surface area contributed by atoms with Gasteiger partial charge in [0.25, 0.3) is 0 Å². The van der Waals surface area contributed by atoms with Gasteiger partial charge in [-0.25, -0.2) is 13.1 Å². The van der Waals surface area contributed by atoms with Crippen LogP contribution in [-0.2, 0) is 16.4 Å². The molecular weight excluding hydrogens is 276 g/mol. The van der Waals surface area contributed by atoms with Crippen molar-refractivity contribution in [1.82, 2.24) is 4.72 Å². The first-order valence-corrected chi connectivity index (χ1v) is 8.19. The van der Waals surface area contributed by atoms with Crippen molar-refractivity contribution < 1.29 is 13.5 Å². The smallest absolute Gasteiger partial charge is 0.240 e. The van der Waals surface area contributed by atoms with Crippen molar-refractivity contribution in [2.75, 3.05) is 18.9 Å². The lowest BCUT2D eigenvalue weighted by molar-refractivity contribution is 0.213. The van der Waals surface area contributed by atoms with E-state index in [1.54, 1.807) is 12.1 Å². The van der Waals surface area contributed by atoms with Gasteiger partial charge in [0.1, 0.15) is 0 Å². The summed E-state index contributed by atoms with van der Waals surface area (Å²) in [4.78, 5) is 0.173. The lowest BCUT2D eigenvalue weighted by Crippen LogP contribution is -2.34. The van der Waals surface area contributed by atoms with Gasteiger partial charge in [-0.3, -0.25) is 0 Å². The number of nitrogens with one attached hydrogen (secondary N) is 1. The van der Waals surface area contributed by atoms with Gasteiger partial charge in [0.15, 0.2) is 0 Å². The molecule has 0 aromatic heterocycles. The Morgan fingerprint density at radius 2 is 2.00 bits per heavy atom.